The van der Waals surface area contributed by atoms with Crippen LogP contribution in [0, 0.1) is 0 Å². The van der Waals surface area contributed by atoms with E-state index < -0.39 is 0 Å². The molecule has 0 radical (unpaired) electrons. The van der Waals surface area contributed by atoms with Gasteiger partial charge in [0, 0.05) is 36.8 Å². The van der Waals surface area contributed by atoms with Gasteiger partial charge in [-0.15, -0.1) is 0 Å². The standard InChI is InChI=1S/2C20H19NO.C2H6/c1-21(18-8-4-3-5-9-18)19-10-6-7-17(15-19)16-11-13-20(22-2)14-12-16;1-21(19-12-14-20(22-2)15-13-19)18-10-8-17(9-11-18)16-6-4-3-5-7-16;1-2/h2*3-15H,1-2H3;1-2H3. The molecule has 0 atom stereocenters. The average molecular weight is 609 g/mol. The summed E-state index contributed by atoms with van der Waals surface area (Å²) in [6.07, 6.45) is 0. The molecule has 0 saturated heterocycles. The minimum absolute atomic E-state index is 0.872. The third-order valence-electron chi connectivity index (χ3n) is 7.62. The van der Waals surface area contributed by atoms with Crippen LogP contribution >= 0.6 is 0 Å². The zero-order valence-electron chi connectivity index (χ0n) is 27.7. The first kappa shape index (κ1) is 33.4. The third kappa shape index (κ3) is 8.80. The van der Waals surface area contributed by atoms with Gasteiger partial charge in [-0.25, -0.2) is 0 Å². The molecule has 234 valence electrons. The molecule has 0 fully saturated rings. The first-order valence-electron chi connectivity index (χ1n) is 15.6. The molecule has 0 aliphatic rings. The molecule has 0 aliphatic heterocycles. The number of anilines is 4. The summed E-state index contributed by atoms with van der Waals surface area (Å²) < 4.78 is 10.4. The number of ether oxygens (including phenoxy) is 2. The van der Waals surface area contributed by atoms with Gasteiger partial charge in [0.25, 0.3) is 0 Å². The lowest BCUT2D eigenvalue weighted by Gasteiger charge is -2.20. The Hall–Kier alpha value is -5.48. The van der Waals surface area contributed by atoms with E-state index in [1.807, 2.05) is 50.2 Å². The molecular formula is C42H44N2O2. The molecule has 6 aromatic rings. The van der Waals surface area contributed by atoms with Crippen molar-refractivity contribution < 1.29 is 9.47 Å². The summed E-state index contributed by atoms with van der Waals surface area (Å²) in [5.41, 5.74) is 9.48. The number of para-hydroxylation sites is 1. The molecule has 4 nitrogen and oxygen atoms in total. The number of rotatable bonds is 8. The number of hydrogen-bond donors (Lipinski definition) is 0. The van der Waals surface area contributed by atoms with E-state index in [-0.39, 0.29) is 0 Å². The minimum Gasteiger partial charge on any atom is -0.497 e. The fourth-order valence-corrected chi connectivity index (χ4v) is 4.94. The zero-order valence-corrected chi connectivity index (χ0v) is 27.7. The highest BCUT2D eigenvalue weighted by Gasteiger charge is 2.07. The molecule has 6 aromatic carbocycles. The van der Waals surface area contributed by atoms with E-state index >= 15 is 0 Å². The Kier molecular flexibility index (Phi) is 12.4. The Morgan fingerprint density at radius 1 is 0.348 bits per heavy atom. The molecule has 46 heavy (non-hydrogen) atoms. The van der Waals surface area contributed by atoms with Crippen LogP contribution in [0.1, 0.15) is 13.8 Å². The van der Waals surface area contributed by atoms with Crippen LogP contribution in [-0.4, -0.2) is 28.3 Å². The van der Waals surface area contributed by atoms with Crippen molar-refractivity contribution in [2.24, 2.45) is 0 Å². The molecular weight excluding hydrogens is 564 g/mol. The minimum atomic E-state index is 0.872. The first-order chi connectivity index (χ1) is 22.6. The van der Waals surface area contributed by atoms with Gasteiger partial charge in [0.05, 0.1) is 14.2 Å². The van der Waals surface area contributed by atoms with Gasteiger partial charge in [0.1, 0.15) is 11.5 Å². The van der Waals surface area contributed by atoms with Crippen molar-refractivity contribution in [3.8, 4) is 33.8 Å². The van der Waals surface area contributed by atoms with Crippen molar-refractivity contribution in [3.05, 3.63) is 158 Å². The Bertz CT molecular complexity index is 1720. The maximum Gasteiger partial charge on any atom is 0.119 e. The van der Waals surface area contributed by atoms with Crippen LogP contribution in [0.15, 0.2) is 158 Å². The smallest absolute Gasteiger partial charge is 0.119 e. The van der Waals surface area contributed by atoms with E-state index in [0.29, 0.717) is 0 Å². The van der Waals surface area contributed by atoms with E-state index in [9.17, 15) is 0 Å². The maximum absolute atomic E-state index is 5.22. The van der Waals surface area contributed by atoms with E-state index in [2.05, 4.69) is 145 Å². The molecule has 0 amide bonds. The van der Waals surface area contributed by atoms with E-state index in [4.69, 9.17) is 9.47 Å². The highest BCUT2D eigenvalue weighted by Crippen LogP contribution is 2.30. The van der Waals surface area contributed by atoms with Gasteiger partial charge in [-0.1, -0.05) is 98.8 Å². The summed E-state index contributed by atoms with van der Waals surface area (Å²) >= 11 is 0. The summed E-state index contributed by atoms with van der Waals surface area (Å²) in [5.74, 6) is 1.75. The maximum atomic E-state index is 5.22. The van der Waals surface area contributed by atoms with Crippen molar-refractivity contribution in [3.63, 3.8) is 0 Å². The predicted molar refractivity (Wildman–Crippen MR) is 197 cm³/mol. The number of benzene rings is 6. The molecule has 0 heterocycles. The van der Waals surface area contributed by atoms with E-state index in [1.54, 1.807) is 14.2 Å². The monoisotopic (exact) mass is 608 g/mol. The van der Waals surface area contributed by atoms with Crippen LogP contribution in [-0.2, 0) is 0 Å². The van der Waals surface area contributed by atoms with Crippen molar-refractivity contribution in [2.45, 2.75) is 13.8 Å². The number of nitrogens with zero attached hydrogens (tertiary/aromatic N) is 2. The topological polar surface area (TPSA) is 24.9 Å². The summed E-state index contributed by atoms with van der Waals surface area (Å²) in [7, 11) is 7.52. The lowest BCUT2D eigenvalue weighted by molar-refractivity contribution is 0.414. The molecule has 0 unspecified atom stereocenters. The summed E-state index contributed by atoms with van der Waals surface area (Å²) in [5, 5.41) is 0. The quantitative estimate of drug-likeness (QED) is 0.172. The number of methoxy groups -OCH3 is 2. The largest absolute Gasteiger partial charge is 0.497 e. The van der Waals surface area contributed by atoms with Crippen LogP contribution in [0.4, 0.5) is 22.7 Å². The molecule has 0 saturated carbocycles. The number of hydrogen-bond acceptors (Lipinski definition) is 4. The van der Waals surface area contributed by atoms with E-state index in [0.717, 1.165) is 22.9 Å². The highest BCUT2D eigenvalue weighted by atomic mass is 16.5. The lowest BCUT2D eigenvalue weighted by Crippen LogP contribution is -2.08. The van der Waals surface area contributed by atoms with Gasteiger partial charge in [-0.3, -0.25) is 0 Å². The second-order valence-corrected chi connectivity index (χ2v) is 10.3. The molecule has 6 rings (SSSR count). The van der Waals surface area contributed by atoms with Crippen molar-refractivity contribution >= 4 is 22.7 Å². The Morgan fingerprint density at radius 3 is 1.24 bits per heavy atom. The Labute approximate surface area is 275 Å². The van der Waals surface area contributed by atoms with Crippen molar-refractivity contribution in [1.29, 1.82) is 0 Å². The average Bonchev–Trinajstić information content (AvgIpc) is 3.16. The second-order valence-electron chi connectivity index (χ2n) is 10.3. The van der Waals surface area contributed by atoms with Gasteiger partial charge in [-0.2, -0.15) is 0 Å². The van der Waals surface area contributed by atoms with Crippen LogP contribution in [0.5, 0.6) is 11.5 Å². The Morgan fingerprint density at radius 2 is 0.696 bits per heavy atom. The van der Waals surface area contributed by atoms with Gasteiger partial charge in [0.15, 0.2) is 0 Å². The van der Waals surface area contributed by atoms with Gasteiger partial charge >= 0.3 is 0 Å². The van der Waals surface area contributed by atoms with Crippen LogP contribution in [0.25, 0.3) is 22.3 Å². The van der Waals surface area contributed by atoms with Crippen molar-refractivity contribution in [1.82, 2.24) is 0 Å². The van der Waals surface area contributed by atoms with Gasteiger partial charge in [-0.05, 0) is 95.1 Å². The van der Waals surface area contributed by atoms with Crippen LogP contribution in [0.3, 0.4) is 0 Å². The van der Waals surface area contributed by atoms with E-state index in [1.165, 1.54) is 33.6 Å². The molecule has 0 aliphatic carbocycles. The summed E-state index contributed by atoms with van der Waals surface area (Å²) in [6.45, 7) is 4.00. The molecule has 0 aromatic heterocycles. The Balaban J connectivity index is 0.000000198. The summed E-state index contributed by atoms with van der Waals surface area (Å²) in [6, 6.07) is 54.2. The SMILES string of the molecule is CC.COc1ccc(-c2cccc(N(C)c3ccccc3)c2)cc1.COc1ccc(N(C)c2ccc(-c3ccccc3)cc2)cc1. The first-order valence-corrected chi connectivity index (χ1v) is 15.6. The fraction of sp³-hybridized carbons (Fsp3) is 0.143. The molecule has 0 spiro atoms. The van der Waals surface area contributed by atoms with Crippen LogP contribution in [0.2, 0.25) is 0 Å². The fourth-order valence-electron chi connectivity index (χ4n) is 4.94. The van der Waals surface area contributed by atoms with Gasteiger partial charge in [0.2, 0.25) is 0 Å². The molecule has 0 bridgehead atoms. The molecule has 0 N–H and O–H groups in total. The normalized spacial score (nSPS) is 9.96. The zero-order chi connectivity index (χ0) is 32.7. The van der Waals surface area contributed by atoms with Gasteiger partial charge < -0.3 is 19.3 Å². The second kappa shape index (κ2) is 17.1. The summed E-state index contributed by atoms with van der Waals surface area (Å²) in [4.78, 5) is 4.35. The lowest BCUT2D eigenvalue weighted by atomic mass is 10.0. The van der Waals surface area contributed by atoms with Crippen LogP contribution < -0.4 is 19.3 Å². The predicted octanol–water partition coefficient (Wildman–Crippen LogP) is 11.3. The highest BCUT2D eigenvalue weighted by molar-refractivity contribution is 5.72. The third-order valence-corrected chi connectivity index (χ3v) is 7.62. The van der Waals surface area contributed by atoms with Crippen molar-refractivity contribution in [2.75, 3.05) is 38.1 Å². The molecule has 4 heteroatoms.